The minimum absolute atomic E-state index is 0.0222. The number of carbonyl (C=O) groups is 3. The molecular weight excluding hydrogens is 521 g/mol. The van der Waals surface area contributed by atoms with Gasteiger partial charge in [0.2, 0.25) is 24.0 Å². The third-order valence-corrected chi connectivity index (χ3v) is 9.22. The van der Waals surface area contributed by atoms with Gasteiger partial charge in [-0.25, -0.2) is 10.1 Å². The maximum atomic E-state index is 13.6. The molecule has 0 spiro atoms. The molecule has 1 unspecified atom stereocenters. The van der Waals surface area contributed by atoms with Gasteiger partial charge < -0.3 is 25.7 Å². The number of nitrogens with one attached hydrogen (secondary N) is 4. The summed E-state index contributed by atoms with van der Waals surface area (Å²) in [6.45, 7) is 11.2. The van der Waals surface area contributed by atoms with Gasteiger partial charge in [-0.1, -0.05) is 27.7 Å². The molecule has 2 aliphatic heterocycles. The molecule has 5 fully saturated rings. The van der Waals surface area contributed by atoms with Gasteiger partial charge in [0, 0.05) is 12.8 Å². The van der Waals surface area contributed by atoms with Gasteiger partial charge in [0.1, 0.15) is 6.04 Å². The molecule has 2 saturated heterocycles. The number of hydrogen-bond acceptors (Lipinski definition) is 9. The molecule has 5 aliphatic rings. The van der Waals surface area contributed by atoms with E-state index in [0.29, 0.717) is 31.2 Å². The van der Waals surface area contributed by atoms with E-state index in [0.717, 1.165) is 18.0 Å². The highest BCUT2D eigenvalue weighted by Gasteiger charge is 2.68. The number of carbonyl (C=O) groups excluding carboxylic acids is 3. The maximum absolute atomic E-state index is 13.6. The van der Waals surface area contributed by atoms with Gasteiger partial charge in [-0.2, -0.15) is 0 Å². The molecule has 0 aromatic rings. The van der Waals surface area contributed by atoms with Crippen LogP contribution in [-0.4, -0.2) is 71.5 Å². The zero-order valence-electron chi connectivity index (χ0n) is 24.1. The molecular formula is C25H44BN7O7. The van der Waals surface area contributed by atoms with E-state index in [9.17, 15) is 24.5 Å². The van der Waals surface area contributed by atoms with Crippen LogP contribution in [0.5, 0.6) is 0 Å². The van der Waals surface area contributed by atoms with Crippen LogP contribution in [0.25, 0.3) is 0 Å². The summed E-state index contributed by atoms with van der Waals surface area (Å²) in [4.78, 5) is 48.0. The number of nitrogens with zero attached hydrogens (tertiary/aromatic N) is 2. The zero-order valence-corrected chi connectivity index (χ0v) is 24.1. The van der Waals surface area contributed by atoms with E-state index in [1.54, 1.807) is 0 Å². The van der Waals surface area contributed by atoms with Crippen molar-refractivity contribution >= 4 is 24.8 Å². The fraction of sp³-hybridized carbons (Fsp3) is 0.880. The maximum Gasteiger partial charge on any atom is 0.481 e. The number of nitro groups is 1. The van der Waals surface area contributed by atoms with E-state index in [2.05, 4.69) is 56.0 Å². The largest absolute Gasteiger partial charge is 0.481 e. The van der Waals surface area contributed by atoms with Gasteiger partial charge in [-0.05, 0) is 73.9 Å². The SMILES string of the molecule is CC(C)C[C@H](NC(=O)[C@H](CCCNC1NN1[N+](=O)[O-])NC(=O)CCC(N)=O)B1O[C@@H]2C[C@@H]3C[C@@H](C3(C)C)[C@]2(C)O1. The first-order valence-electron chi connectivity index (χ1n) is 14.4. The van der Waals surface area contributed by atoms with Crippen LogP contribution in [0.4, 0.5) is 0 Å². The highest BCUT2D eigenvalue weighted by molar-refractivity contribution is 6.48. The van der Waals surface area contributed by atoms with Crippen molar-refractivity contribution in [2.24, 2.45) is 28.9 Å². The Bertz CT molecular complexity index is 1000. The summed E-state index contributed by atoms with van der Waals surface area (Å²) in [7, 11) is -0.599. The smallest absolute Gasteiger partial charge is 0.404 e. The molecule has 2 bridgehead atoms. The van der Waals surface area contributed by atoms with Gasteiger partial charge in [0.25, 0.3) is 0 Å². The van der Waals surface area contributed by atoms with Crippen LogP contribution in [0.2, 0.25) is 0 Å². The summed E-state index contributed by atoms with van der Waals surface area (Å²) in [6.07, 6.45) is 2.60. The Morgan fingerprint density at radius 1 is 1.20 bits per heavy atom. The van der Waals surface area contributed by atoms with Gasteiger partial charge in [-0.15, -0.1) is 5.43 Å². The number of hydrogen-bond donors (Lipinski definition) is 5. The highest BCUT2D eigenvalue weighted by atomic mass is 16.7. The second-order valence-corrected chi connectivity index (χ2v) is 12.9. The molecule has 14 nitrogen and oxygen atoms in total. The van der Waals surface area contributed by atoms with E-state index in [1.807, 2.05) is 0 Å². The Labute approximate surface area is 235 Å². The van der Waals surface area contributed by atoms with Crippen LogP contribution in [0.15, 0.2) is 0 Å². The summed E-state index contributed by atoms with van der Waals surface area (Å²) in [5.41, 5.74) is 7.51. The quantitative estimate of drug-likeness (QED) is 0.0601. The first-order chi connectivity index (χ1) is 18.7. The number of hydrazine groups is 2. The predicted molar refractivity (Wildman–Crippen MR) is 145 cm³/mol. The molecule has 2 heterocycles. The third kappa shape index (κ3) is 6.53. The van der Waals surface area contributed by atoms with Crippen LogP contribution in [-0.2, 0) is 23.7 Å². The van der Waals surface area contributed by atoms with Crippen molar-refractivity contribution in [2.75, 3.05) is 6.54 Å². The number of amides is 3. The summed E-state index contributed by atoms with van der Waals surface area (Å²) in [6, 6.07) is -0.873. The third-order valence-electron chi connectivity index (χ3n) is 9.22. The highest BCUT2D eigenvalue weighted by Crippen LogP contribution is 2.65. The van der Waals surface area contributed by atoms with E-state index >= 15 is 0 Å². The Morgan fingerprint density at radius 3 is 2.52 bits per heavy atom. The topological polar surface area (TPSA) is 200 Å². The summed E-state index contributed by atoms with van der Waals surface area (Å²) in [5.74, 6) is -0.592. The Morgan fingerprint density at radius 2 is 1.93 bits per heavy atom. The van der Waals surface area contributed by atoms with Gasteiger partial charge in [-0.3, -0.25) is 19.7 Å². The van der Waals surface area contributed by atoms with Gasteiger partial charge in [0.05, 0.1) is 17.6 Å². The molecule has 3 saturated carbocycles. The molecule has 0 aromatic heterocycles. The molecule has 6 N–H and O–H groups in total. The molecule has 0 aromatic carbocycles. The van der Waals surface area contributed by atoms with Crippen molar-refractivity contribution in [1.29, 1.82) is 0 Å². The Hall–Kier alpha value is -2.49. The first kappa shape index (κ1) is 30.5. The summed E-state index contributed by atoms with van der Waals surface area (Å²) in [5, 5.41) is 19.8. The number of rotatable bonds is 15. The van der Waals surface area contributed by atoms with Crippen LogP contribution in [0.3, 0.4) is 0 Å². The van der Waals surface area contributed by atoms with Crippen molar-refractivity contribution in [2.45, 2.75) is 110 Å². The molecule has 5 rings (SSSR count). The molecule has 3 aliphatic carbocycles. The molecule has 0 radical (unpaired) electrons. The summed E-state index contributed by atoms with van der Waals surface area (Å²) >= 11 is 0. The second kappa shape index (κ2) is 11.8. The van der Waals surface area contributed by atoms with E-state index in [4.69, 9.17) is 15.0 Å². The average molecular weight is 565 g/mol. The first-order valence-corrected chi connectivity index (χ1v) is 14.4. The molecule has 40 heavy (non-hydrogen) atoms. The van der Waals surface area contributed by atoms with Crippen LogP contribution >= 0.6 is 0 Å². The lowest BCUT2D eigenvalue weighted by molar-refractivity contribution is -0.627. The monoisotopic (exact) mass is 565 g/mol. The second-order valence-electron chi connectivity index (χ2n) is 12.9. The van der Waals surface area contributed by atoms with E-state index < -0.39 is 47.8 Å². The minimum atomic E-state index is -0.873. The standard InChI is InChI=1S/C25H44BN7O7/c1-14(2)11-19(26-39-18-13-15-12-17(24(15,3)4)25(18,5)40-26)30-22(36)16(29-21(35)9-8-20(27)34)7-6-10-28-23-31-32(23)33(37)38/h14-19,23,28,31H,6-13H2,1-5H3,(H2,27,34)(H,29,35)(H,30,36)/t15-,16-,17-,18+,19-,23?,25-,32?/m0/s1. The van der Waals surface area contributed by atoms with Crippen molar-refractivity contribution < 1.29 is 28.7 Å². The van der Waals surface area contributed by atoms with Crippen LogP contribution in [0.1, 0.15) is 79.6 Å². The van der Waals surface area contributed by atoms with Gasteiger partial charge >= 0.3 is 7.12 Å². The number of nitrogens with two attached hydrogens (primary N) is 1. The van der Waals surface area contributed by atoms with Crippen molar-refractivity contribution in [3.05, 3.63) is 10.1 Å². The van der Waals surface area contributed by atoms with Crippen LogP contribution < -0.4 is 27.1 Å². The van der Waals surface area contributed by atoms with E-state index in [-0.39, 0.29) is 42.6 Å². The fourth-order valence-corrected chi connectivity index (χ4v) is 6.78. The molecule has 3 amide bonds. The van der Waals surface area contributed by atoms with Crippen molar-refractivity contribution in [1.82, 2.24) is 26.5 Å². The van der Waals surface area contributed by atoms with Crippen LogP contribution in [0, 0.1) is 33.3 Å². The van der Waals surface area contributed by atoms with Crippen molar-refractivity contribution in [3.8, 4) is 0 Å². The zero-order chi connectivity index (χ0) is 29.4. The van der Waals surface area contributed by atoms with Gasteiger partial charge in [0.15, 0.2) is 5.03 Å². The predicted octanol–water partition coefficient (Wildman–Crippen LogP) is 0.200. The normalized spacial score (nSPS) is 31.1. The Kier molecular flexibility index (Phi) is 8.98. The average Bonchev–Trinajstić information content (AvgIpc) is 3.55. The van der Waals surface area contributed by atoms with E-state index in [1.165, 1.54) is 0 Å². The molecule has 7 atom stereocenters. The fourth-order valence-electron chi connectivity index (χ4n) is 6.78. The minimum Gasteiger partial charge on any atom is -0.404 e. The lowest BCUT2D eigenvalue weighted by atomic mass is 9.43. The molecule has 224 valence electrons. The lowest BCUT2D eigenvalue weighted by Crippen LogP contribution is -2.65. The Balaban J connectivity index is 1.39. The molecule has 15 heteroatoms. The van der Waals surface area contributed by atoms with Crippen molar-refractivity contribution in [3.63, 3.8) is 0 Å². The number of primary amides is 1. The summed E-state index contributed by atoms with van der Waals surface area (Å²) < 4.78 is 13.1. The lowest BCUT2D eigenvalue weighted by Gasteiger charge is -2.64.